The van der Waals surface area contributed by atoms with E-state index in [2.05, 4.69) is 14.6 Å². The zero-order valence-corrected chi connectivity index (χ0v) is 16.0. The number of carbonyl (C=O) groups excluding carboxylic acids is 1. The largest absolute Gasteiger partial charge is 0.348 e. The second kappa shape index (κ2) is 7.75. The van der Waals surface area contributed by atoms with Gasteiger partial charge in [0.25, 0.3) is 16.0 Å². The number of amides is 1. The molecule has 1 heterocycles. The minimum absolute atomic E-state index is 0.0530. The summed E-state index contributed by atoms with van der Waals surface area (Å²) in [6.07, 6.45) is 3.07. The first-order valence-electron chi connectivity index (χ1n) is 8.98. The molecule has 2 aromatic rings. The lowest BCUT2D eigenvalue weighted by Crippen LogP contribution is -2.39. The van der Waals surface area contributed by atoms with Crippen molar-refractivity contribution in [2.75, 3.05) is 12.9 Å². The number of nitrogens with one attached hydrogen (secondary N) is 1. The highest BCUT2D eigenvalue weighted by Crippen LogP contribution is 2.26. The van der Waals surface area contributed by atoms with Gasteiger partial charge in [0.15, 0.2) is 0 Å². The third-order valence-electron chi connectivity index (χ3n) is 5.04. The van der Waals surface area contributed by atoms with Gasteiger partial charge in [0.2, 0.25) is 0 Å². The molecule has 1 fully saturated rings. The van der Waals surface area contributed by atoms with E-state index in [9.17, 15) is 13.2 Å². The molecule has 1 aliphatic rings. The van der Waals surface area contributed by atoms with Gasteiger partial charge < -0.3 is 5.32 Å². The second-order valence-electron chi connectivity index (χ2n) is 6.76. The van der Waals surface area contributed by atoms with Gasteiger partial charge in [0.1, 0.15) is 5.69 Å². The zero-order valence-electron chi connectivity index (χ0n) is 15.1. The predicted molar refractivity (Wildman–Crippen MR) is 99.4 cm³/mol. The fraction of sp³-hybridized carbons (Fsp3) is 0.556. The van der Waals surface area contributed by atoms with Gasteiger partial charge in [-0.3, -0.25) is 13.7 Å². The third kappa shape index (κ3) is 4.07. The molecule has 1 N–H and O–H groups in total. The van der Waals surface area contributed by atoms with E-state index < -0.39 is 10.1 Å². The van der Waals surface area contributed by atoms with Crippen LogP contribution >= 0.6 is 0 Å². The van der Waals surface area contributed by atoms with Gasteiger partial charge in [-0.05, 0) is 44.6 Å². The standard InChI is InChI=1S/C18H25N3O4S/c1-3-21-17(15-6-4-5-7-16(15)20-21)18(22)19-14-10-8-13(9-11-14)12-26(23,24)25-2/h4-7,13-14H,3,8-12H2,1-2H3,(H,19,22). The lowest BCUT2D eigenvalue weighted by molar-refractivity contribution is 0.0913. The number of rotatable bonds is 6. The van der Waals surface area contributed by atoms with Crippen LogP contribution in [0.2, 0.25) is 0 Å². The van der Waals surface area contributed by atoms with Crippen molar-refractivity contribution in [3.8, 4) is 0 Å². The molecule has 0 aliphatic heterocycles. The Morgan fingerprint density at radius 2 is 1.96 bits per heavy atom. The molecule has 26 heavy (non-hydrogen) atoms. The lowest BCUT2D eigenvalue weighted by atomic mass is 9.87. The van der Waals surface area contributed by atoms with Gasteiger partial charge in [-0.25, -0.2) is 0 Å². The summed E-state index contributed by atoms with van der Waals surface area (Å²) in [5, 5.41) is 8.44. The molecule has 1 aromatic carbocycles. The summed E-state index contributed by atoms with van der Waals surface area (Å²) in [7, 11) is -2.23. The summed E-state index contributed by atoms with van der Waals surface area (Å²) in [6, 6.07) is 7.69. The highest BCUT2D eigenvalue weighted by molar-refractivity contribution is 7.86. The zero-order chi connectivity index (χ0) is 18.7. The Balaban J connectivity index is 1.65. The molecule has 1 aliphatic carbocycles. The fourth-order valence-corrected chi connectivity index (χ4v) is 4.68. The van der Waals surface area contributed by atoms with Crippen molar-refractivity contribution in [2.24, 2.45) is 5.92 Å². The maximum Gasteiger partial charge on any atom is 0.270 e. The minimum atomic E-state index is -3.43. The molecule has 142 valence electrons. The van der Waals surface area contributed by atoms with Crippen LogP contribution in [0.1, 0.15) is 43.1 Å². The lowest BCUT2D eigenvalue weighted by Gasteiger charge is -2.28. The average molecular weight is 379 g/mol. The highest BCUT2D eigenvalue weighted by Gasteiger charge is 2.27. The van der Waals surface area contributed by atoms with Gasteiger partial charge in [-0.2, -0.15) is 13.5 Å². The van der Waals surface area contributed by atoms with Crippen LogP contribution in [0.5, 0.6) is 0 Å². The van der Waals surface area contributed by atoms with Crippen molar-refractivity contribution >= 4 is 26.9 Å². The number of aromatic nitrogens is 2. The number of benzene rings is 1. The summed E-state index contributed by atoms with van der Waals surface area (Å²) >= 11 is 0. The quantitative estimate of drug-likeness (QED) is 0.778. The van der Waals surface area contributed by atoms with Crippen molar-refractivity contribution in [3.63, 3.8) is 0 Å². The monoisotopic (exact) mass is 379 g/mol. The van der Waals surface area contributed by atoms with Crippen LogP contribution in [0.3, 0.4) is 0 Å². The number of hydrogen-bond acceptors (Lipinski definition) is 5. The van der Waals surface area contributed by atoms with E-state index in [0.29, 0.717) is 12.2 Å². The van der Waals surface area contributed by atoms with Crippen LogP contribution < -0.4 is 5.32 Å². The first-order chi connectivity index (χ1) is 12.4. The predicted octanol–water partition coefficient (Wildman–Crippen LogP) is 2.32. The SMILES string of the molecule is CCn1nc2ccccc2c1C(=O)NC1CCC(CS(=O)(=O)OC)CC1. The summed E-state index contributed by atoms with van der Waals surface area (Å²) in [4.78, 5) is 12.8. The highest BCUT2D eigenvalue weighted by atomic mass is 32.2. The molecule has 7 nitrogen and oxygen atoms in total. The van der Waals surface area contributed by atoms with Crippen LogP contribution in [-0.2, 0) is 20.8 Å². The van der Waals surface area contributed by atoms with Crippen LogP contribution in [-0.4, -0.2) is 43.0 Å². The van der Waals surface area contributed by atoms with Crippen LogP contribution in [0.25, 0.3) is 10.9 Å². The van der Waals surface area contributed by atoms with E-state index in [1.807, 2.05) is 31.2 Å². The third-order valence-corrected chi connectivity index (χ3v) is 6.42. The summed E-state index contributed by atoms with van der Waals surface area (Å²) in [5.41, 5.74) is 1.40. The summed E-state index contributed by atoms with van der Waals surface area (Å²) < 4.78 is 29.4. The molecule has 1 aromatic heterocycles. The first kappa shape index (κ1) is 18.8. The van der Waals surface area contributed by atoms with Gasteiger partial charge >= 0.3 is 0 Å². The smallest absolute Gasteiger partial charge is 0.270 e. The van der Waals surface area contributed by atoms with E-state index in [-0.39, 0.29) is 23.6 Å². The molecule has 1 saturated carbocycles. The van der Waals surface area contributed by atoms with Crippen molar-refractivity contribution in [1.29, 1.82) is 0 Å². The molecule has 3 rings (SSSR count). The Hall–Kier alpha value is -1.93. The first-order valence-corrected chi connectivity index (χ1v) is 10.6. The van der Waals surface area contributed by atoms with E-state index in [1.165, 1.54) is 7.11 Å². The molecule has 0 atom stereocenters. The number of carbonyl (C=O) groups is 1. The number of fused-ring (bicyclic) bond motifs is 1. The van der Waals surface area contributed by atoms with Gasteiger partial charge in [0, 0.05) is 18.0 Å². The van der Waals surface area contributed by atoms with E-state index in [1.54, 1.807) is 4.68 Å². The molecule has 1 amide bonds. The number of hydrogen-bond donors (Lipinski definition) is 1. The maximum absolute atomic E-state index is 12.8. The number of aryl methyl sites for hydroxylation is 1. The molecule has 0 bridgehead atoms. The molecule has 0 saturated heterocycles. The molecule has 0 unspecified atom stereocenters. The van der Waals surface area contributed by atoms with Gasteiger partial charge in [-0.15, -0.1) is 0 Å². The van der Waals surface area contributed by atoms with Crippen molar-refractivity contribution in [3.05, 3.63) is 30.0 Å². The van der Waals surface area contributed by atoms with Gasteiger partial charge in [0.05, 0.1) is 18.4 Å². The second-order valence-corrected chi connectivity index (χ2v) is 8.55. The number of nitrogens with zero attached hydrogens (tertiary/aromatic N) is 2. The maximum atomic E-state index is 12.8. The van der Waals surface area contributed by atoms with E-state index >= 15 is 0 Å². The average Bonchev–Trinajstić information content (AvgIpc) is 3.02. The Kier molecular flexibility index (Phi) is 5.62. The Morgan fingerprint density at radius 3 is 2.62 bits per heavy atom. The van der Waals surface area contributed by atoms with Crippen LogP contribution in [0.15, 0.2) is 24.3 Å². The van der Waals surface area contributed by atoms with Gasteiger partial charge in [-0.1, -0.05) is 18.2 Å². The van der Waals surface area contributed by atoms with Crippen LogP contribution in [0, 0.1) is 5.92 Å². The fourth-order valence-electron chi connectivity index (χ4n) is 3.63. The Labute approximate surface area is 153 Å². The Bertz CT molecular complexity index is 883. The summed E-state index contributed by atoms with van der Waals surface area (Å²) in [5.74, 6) is 0.0286. The molecule has 0 radical (unpaired) electrons. The topological polar surface area (TPSA) is 90.3 Å². The van der Waals surface area contributed by atoms with Crippen molar-refractivity contribution in [2.45, 2.75) is 45.2 Å². The summed E-state index contributed by atoms with van der Waals surface area (Å²) in [6.45, 7) is 2.59. The molecule has 0 spiro atoms. The molecular weight excluding hydrogens is 354 g/mol. The molecular formula is C18H25N3O4S. The Morgan fingerprint density at radius 1 is 1.27 bits per heavy atom. The van der Waals surface area contributed by atoms with Crippen molar-refractivity contribution < 1.29 is 17.4 Å². The minimum Gasteiger partial charge on any atom is -0.348 e. The van der Waals surface area contributed by atoms with Crippen LogP contribution in [0.4, 0.5) is 0 Å². The van der Waals surface area contributed by atoms with E-state index in [0.717, 1.165) is 36.6 Å². The normalized spacial score (nSPS) is 21.0. The van der Waals surface area contributed by atoms with E-state index in [4.69, 9.17) is 0 Å². The van der Waals surface area contributed by atoms with Crippen molar-refractivity contribution in [1.82, 2.24) is 15.1 Å². The molecule has 8 heteroatoms.